The molecule has 7 heteroatoms. The Hall–Kier alpha value is -1.50. The molecule has 1 aromatic rings. The van der Waals surface area contributed by atoms with E-state index in [-0.39, 0.29) is 0 Å². The molecule has 1 heterocycles. The Labute approximate surface area is 135 Å². The van der Waals surface area contributed by atoms with Crippen molar-refractivity contribution in [1.29, 1.82) is 0 Å². The fraction of sp³-hybridized carbons (Fsp3) is 0.533. The number of methoxy groups -OCH3 is 2. The van der Waals surface area contributed by atoms with Crippen molar-refractivity contribution in [2.45, 2.75) is 12.6 Å². The Morgan fingerprint density at radius 3 is 2.59 bits per heavy atom. The molecule has 1 fully saturated rings. The summed E-state index contributed by atoms with van der Waals surface area (Å²) >= 11 is 6.18. The van der Waals surface area contributed by atoms with Crippen molar-refractivity contribution >= 4 is 17.6 Å². The smallest absolute Gasteiger partial charge is 0.322 e. The standard InChI is InChI=1S/C15H21ClN2O4/c1-17-4-5-18(9-12(17)15(19)20)8-10-6-11(16)14(22-3)7-13(10)21-2/h6-7,12H,4-5,8-9H2,1-3H3,(H,19,20). The molecule has 22 heavy (non-hydrogen) atoms. The van der Waals surface area contributed by atoms with Gasteiger partial charge in [-0.15, -0.1) is 0 Å². The molecule has 0 aromatic heterocycles. The maximum atomic E-state index is 11.3. The molecule has 0 radical (unpaired) electrons. The zero-order chi connectivity index (χ0) is 16.3. The lowest BCUT2D eigenvalue weighted by Crippen LogP contribution is -2.54. The van der Waals surface area contributed by atoms with Crippen LogP contribution in [-0.2, 0) is 11.3 Å². The van der Waals surface area contributed by atoms with Crippen LogP contribution in [0.4, 0.5) is 0 Å². The first-order valence-electron chi connectivity index (χ1n) is 7.02. The maximum Gasteiger partial charge on any atom is 0.322 e. The van der Waals surface area contributed by atoms with Gasteiger partial charge >= 0.3 is 5.97 Å². The van der Waals surface area contributed by atoms with Crippen LogP contribution < -0.4 is 9.47 Å². The Kier molecular flexibility index (Phi) is 5.50. The molecule has 1 saturated heterocycles. The molecule has 0 amide bonds. The number of piperazine rings is 1. The maximum absolute atomic E-state index is 11.3. The van der Waals surface area contributed by atoms with Crippen LogP contribution in [0, 0.1) is 0 Å². The number of likely N-dealkylation sites (N-methyl/N-ethyl adjacent to an activating group) is 1. The zero-order valence-corrected chi connectivity index (χ0v) is 13.8. The highest BCUT2D eigenvalue weighted by atomic mass is 35.5. The van der Waals surface area contributed by atoms with Crippen molar-refractivity contribution in [3.8, 4) is 11.5 Å². The van der Waals surface area contributed by atoms with Crippen molar-refractivity contribution in [3.63, 3.8) is 0 Å². The van der Waals surface area contributed by atoms with E-state index in [0.29, 0.717) is 36.2 Å². The van der Waals surface area contributed by atoms with Gasteiger partial charge in [-0.2, -0.15) is 0 Å². The lowest BCUT2D eigenvalue weighted by Gasteiger charge is -2.37. The summed E-state index contributed by atoms with van der Waals surface area (Å²) in [5.41, 5.74) is 0.919. The minimum Gasteiger partial charge on any atom is -0.496 e. The zero-order valence-electron chi connectivity index (χ0n) is 13.0. The summed E-state index contributed by atoms with van der Waals surface area (Å²) in [4.78, 5) is 15.2. The van der Waals surface area contributed by atoms with E-state index in [0.717, 1.165) is 12.1 Å². The predicted octanol–water partition coefficient (Wildman–Crippen LogP) is 1.56. The minimum absolute atomic E-state index is 0.471. The van der Waals surface area contributed by atoms with Gasteiger partial charge in [-0.1, -0.05) is 11.6 Å². The number of aliphatic carboxylic acids is 1. The van der Waals surface area contributed by atoms with Gasteiger partial charge in [0.05, 0.1) is 19.2 Å². The van der Waals surface area contributed by atoms with Crippen LogP contribution in [0.1, 0.15) is 5.56 Å². The van der Waals surface area contributed by atoms with Crippen LogP contribution in [-0.4, -0.2) is 67.8 Å². The number of hydrogen-bond donors (Lipinski definition) is 1. The molecule has 122 valence electrons. The van der Waals surface area contributed by atoms with Gasteiger partial charge < -0.3 is 14.6 Å². The highest BCUT2D eigenvalue weighted by Crippen LogP contribution is 2.33. The largest absolute Gasteiger partial charge is 0.496 e. The van der Waals surface area contributed by atoms with Crippen molar-refractivity contribution in [3.05, 3.63) is 22.7 Å². The van der Waals surface area contributed by atoms with E-state index in [1.165, 1.54) is 0 Å². The van der Waals surface area contributed by atoms with Crippen LogP contribution in [0.3, 0.4) is 0 Å². The van der Waals surface area contributed by atoms with Gasteiger partial charge in [0.1, 0.15) is 17.5 Å². The van der Waals surface area contributed by atoms with Crippen LogP contribution in [0.2, 0.25) is 5.02 Å². The number of ether oxygens (including phenoxy) is 2. The Balaban J connectivity index is 2.16. The molecule has 6 nitrogen and oxygen atoms in total. The Morgan fingerprint density at radius 1 is 1.32 bits per heavy atom. The molecule has 1 N–H and O–H groups in total. The fourth-order valence-electron chi connectivity index (χ4n) is 2.63. The molecule has 1 aromatic carbocycles. The Morgan fingerprint density at radius 2 is 2.00 bits per heavy atom. The summed E-state index contributed by atoms with van der Waals surface area (Å²) in [6.07, 6.45) is 0. The third kappa shape index (κ3) is 3.63. The SMILES string of the molecule is COc1cc(OC)c(CN2CCN(C)C(C(=O)O)C2)cc1Cl. The molecular weight excluding hydrogens is 308 g/mol. The first-order valence-corrected chi connectivity index (χ1v) is 7.39. The average molecular weight is 329 g/mol. The number of rotatable bonds is 5. The predicted molar refractivity (Wildman–Crippen MR) is 83.9 cm³/mol. The summed E-state index contributed by atoms with van der Waals surface area (Å²) in [6.45, 7) is 2.57. The van der Waals surface area contributed by atoms with Crippen molar-refractivity contribution in [2.24, 2.45) is 0 Å². The van der Waals surface area contributed by atoms with E-state index in [4.69, 9.17) is 21.1 Å². The van der Waals surface area contributed by atoms with Crippen LogP contribution in [0.5, 0.6) is 11.5 Å². The molecule has 1 aliphatic rings. The van der Waals surface area contributed by atoms with Gasteiger partial charge in [0.2, 0.25) is 0 Å². The quantitative estimate of drug-likeness (QED) is 0.885. The summed E-state index contributed by atoms with van der Waals surface area (Å²) in [6, 6.07) is 3.07. The summed E-state index contributed by atoms with van der Waals surface area (Å²) in [7, 11) is 4.98. The van der Waals surface area contributed by atoms with E-state index < -0.39 is 12.0 Å². The summed E-state index contributed by atoms with van der Waals surface area (Å²) in [5, 5.41) is 9.79. The summed E-state index contributed by atoms with van der Waals surface area (Å²) in [5.74, 6) is 0.447. The molecule has 0 aliphatic carbocycles. The van der Waals surface area contributed by atoms with E-state index in [1.807, 2.05) is 18.0 Å². The molecule has 0 spiro atoms. The van der Waals surface area contributed by atoms with E-state index >= 15 is 0 Å². The number of hydrogen-bond acceptors (Lipinski definition) is 5. The monoisotopic (exact) mass is 328 g/mol. The number of halogens is 1. The molecule has 1 aliphatic heterocycles. The normalized spacial score (nSPS) is 19.9. The van der Waals surface area contributed by atoms with Crippen LogP contribution >= 0.6 is 11.6 Å². The first-order chi connectivity index (χ1) is 10.5. The van der Waals surface area contributed by atoms with Gasteiger partial charge in [0.15, 0.2) is 0 Å². The fourth-order valence-corrected chi connectivity index (χ4v) is 2.89. The molecule has 1 unspecified atom stereocenters. The minimum atomic E-state index is -0.799. The Bertz CT molecular complexity index is 553. The third-order valence-corrected chi connectivity index (χ3v) is 4.26. The summed E-state index contributed by atoms with van der Waals surface area (Å²) < 4.78 is 10.6. The highest BCUT2D eigenvalue weighted by Gasteiger charge is 2.30. The van der Waals surface area contributed by atoms with Crippen molar-refractivity contribution < 1.29 is 19.4 Å². The lowest BCUT2D eigenvalue weighted by molar-refractivity contribution is -0.145. The number of carboxylic acids is 1. The van der Waals surface area contributed by atoms with Gasteiger partial charge in [-0.3, -0.25) is 14.6 Å². The van der Waals surface area contributed by atoms with Gasteiger partial charge in [0, 0.05) is 37.8 Å². The molecular formula is C15H21ClN2O4. The highest BCUT2D eigenvalue weighted by molar-refractivity contribution is 6.32. The van der Waals surface area contributed by atoms with Crippen molar-refractivity contribution in [2.75, 3.05) is 40.9 Å². The number of benzene rings is 1. The van der Waals surface area contributed by atoms with Crippen LogP contribution in [0.15, 0.2) is 12.1 Å². The second-order valence-corrected chi connectivity index (χ2v) is 5.78. The lowest BCUT2D eigenvalue weighted by atomic mass is 10.1. The van der Waals surface area contributed by atoms with Gasteiger partial charge in [-0.25, -0.2) is 0 Å². The molecule has 0 bridgehead atoms. The second kappa shape index (κ2) is 7.17. The van der Waals surface area contributed by atoms with Crippen LogP contribution in [0.25, 0.3) is 0 Å². The molecule has 2 rings (SSSR count). The van der Waals surface area contributed by atoms with Gasteiger partial charge in [0.25, 0.3) is 0 Å². The van der Waals surface area contributed by atoms with E-state index in [2.05, 4.69) is 4.90 Å². The number of nitrogens with zero attached hydrogens (tertiary/aromatic N) is 2. The molecule has 1 atom stereocenters. The van der Waals surface area contributed by atoms with E-state index in [1.54, 1.807) is 20.3 Å². The second-order valence-electron chi connectivity index (χ2n) is 5.37. The van der Waals surface area contributed by atoms with Gasteiger partial charge in [-0.05, 0) is 13.1 Å². The average Bonchev–Trinajstić information content (AvgIpc) is 2.49. The molecule has 0 saturated carbocycles. The topological polar surface area (TPSA) is 62.2 Å². The third-order valence-electron chi connectivity index (χ3n) is 3.97. The van der Waals surface area contributed by atoms with Crippen molar-refractivity contribution in [1.82, 2.24) is 9.80 Å². The van der Waals surface area contributed by atoms with E-state index in [9.17, 15) is 9.90 Å². The number of carboxylic acid groups (broad SMARTS) is 1. The first kappa shape index (κ1) is 16.9. The number of carbonyl (C=O) groups is 1.